The predicted molar refractivity (Wildman–Crippen MR) is 86.8 cm³/mol. The van der Waals surface area contributed by atoms with Gasteiger partial charge in [-0.05, 0) is 50.6 Å². The molecule has 1 aromatic rings. The Morgan fingerprint density at radius 1 is 1.36 bits per heavy atom. The maximum absolute atomic E-state index is 12.1. The molecule has 0 unspecified atom stereocenters. The number of amides is 1. The van der Waals surface area contributed by atoms with Crippen molar-refractivity contribution in [3.8, 4) is 0 Å². The molecule has 8 heteroatoms. The number of rotatable bonds is 5. The molecule has 124 valence electrons. The van der Waals surface area contributed by atoms with Gasteiger partial charge in [0.15, 0.2) is 0 Å². The van der Waals surface area contributed by atoms with E-state index in [0.29, 0.717) is 17.0 Å². The quantitative estimate of drug-likeness (QED) is 0.817. The Balaban J connectivity index is 1.78. The van der Waals surface area contributed by atoms with E-state index in [0.717, 1.165) is 32.5 Å². The number of thioether (sulfide) groups is 1. The standard InChI is InChI=1S/C14H26N6OS/c1-5-19-8-6-11(7-9-19)15-12(21)10-22-13-16-17-18-20(13)14(2,3)4/h11H,5-10H2,1-4H3,(H,15,21). The normalized spacial score (nSPS) is 17.6. The molecule has 1 amide bonds. The number of likely N-dealkylation sites (tertiary alicyclic amines) is 1. The minimum atomic E-state index is -0.185. The SMILES string of the molecule is CCN1CCC(NC(=O)CSc2nnnn2C(C)(C)C)CC1. The smallest absolute Gasteiger partial charge is 0.230 e. The van der Waals surface area contributed by atoms with Gasteiger partial charge in [-0.25, -0.2) is 4.68 Å². The van der Waals surface area contributed by atoms with Crippen LogP contribution in [-0.4, -0.2) is 62.4 Å². The van der Waals surface area contributed by atoms with E-state index in [1.54, 1.807) is 4.68 Å². The van der Waals surface area contributed by atoms with Crippen LogP contribution in [0.15, 0.2) is 5.16 Å². The number of nitrogens with one attached hydrogen (secondary N) is 1. The van der Waals surface area contributed by atoms with E-state index in [1.807, 2.05) is 20.8 Å². The predicted octanol–water partition coefficient (Wildman–Crippen LogP) is 1.12. The number of aromatic nitrogens is 4. The summed E-state index contributed by atoms with van der Waals surface area (Å²) in [6, 6.07) is 0.300. The number of nitrogens with zero attached hydrogens (tertiary/aromatic N) is 5. The molecule has 1 aromatic heterocycles. The van der Waals surface area contributed by atoms with Crippen molar-refractivity contribution in [1.29, 1.82) is 0 Å². The van der Waals surface area contributed by atoms with Crippen molar-refractivity contribution in [1.82, 2.24) is 30.4 Å². The van der Waals surface area contributed by atoms with Crippen LogP contribution in [0.2, 0.25) is 0 Å². The highest BCUT2D eigenvalue weighted by molar-refractivity contribution is 7.99. The van der Waals surface area contributed by atoms with Crippen molar-refractivity contribution in [2.24, 2.45) is 0 Å². The Kier molecular flexibility index (Phi) is 5.80. The number of carbonyl (C=O) groups excluding carboxylic acids is 1. The second-order valence-electron chi connectivity index (χ2n) is 6.61. The maximum atomic E-state index is 12.1. The summed E-state index contributed by atoms with van der Waals surface area (Å²) in [5.74, 6) is 0.410. The zero-order chi connectivity index (χ0) is 16.2. The van der Waals surface area contributed by atoms with E-state index in [4.69, 9.17) is 0 Å². The van der Waals surface area contributed by atoms with Crippen molar-refractivity contribution < 1.29 is 4.79 Å². The minimum Gasteiger partial charge on any atom is -0.353 e. The fourth-order valence-electron chi connectivity index (χ4n) is 2.48. The van der Waals surface area contributed by atoms with Crippen LogP contribution in [0.25, 0.3) is 0 Å². The minimum absolute atomic E-state index is 0.0587. The van der Waals surface area contributed by atoms with Gasteiger partial charge >= 0.3 is 0 Å². The van der Waals surface area contributed by atoms with Crippen LogP contribution in [-0.2, 0) is 10.3 Å². The van der Waals surface area contributed by atoms with Crippen LogP contribution in [0.3, 0.4) is 0 Å². The Hall–Kier alpha value is -1.15. The van der Waals surface area contributed by atoms with Gasteiger partial charge in [0.2, 0.25) is 11.1 Å². The van der Waals surface area contributed by atoms with Crippen molar-refractivity contribution in [3.63, 3.8) is 0 Å². The van der Waals surface area contributed by atoms with Gasteiger partial charge < -0.3 is 10.2 Å². The molecule has 0 spiro atoms. The van der Waals surface area contributed by atoms with Gasteiger partial charge in [-0.15, -0.1) is 5.10 Å². The van der Waals surface area contributed by atoms with Gasteiger partial charge in [-0.1, -0.05) is 18.7 Å². The van der Waals surface area contributed by atoms with Crippen molar-refractivity contribution in [2.75, 3.05) is 25.4 Å². The second-order valence-corrected chi connectivity index (χ2v) is 7.55. The largest absolute Gasteiger partial charge is 0.353 e. The highest BCUT2D eigenvalue weighted by Crippen LogP contribution is 2.21. The Morgan fingerprint density at radius 2 is 2.05 bits per heavy atom. The monoisotopic (exact) mass is 326 g/mol. The molecule has 22 heavy (non-hydrogen) atoms. The lowest BCUT2D eigenvalue weighted by Gasteiger charge is -2.31. The maximum Gasteiger partial charge on any atom is 0.230 e. The lowest BCUT2D eigenvalue weighted by atomic mass is 10.1. The zero-order valence-corrected chi connectivity index (χ0v) is 14.7. The number of carbonyl (C=O) groups is 1. The highest BCUT2D eigenvalue weighted by atomic mass is 32.2. The molecule has 0 atom stereocenters. The molecule has 0 aliphatic carbocycles. The molecule has 1 N–H and O–H groups in total. The molecule has 2 heterocycles. The van der Waals surface area contributed by atoms with Crippen molar-refractivity contribution in [2.45, 2.75) is 57.3 Å². The van der Waals surface area contributed by atoms with Crippen LogP contribution in [0.4, 0.5) is 0 Å². The average molecular weight is 326 g/mol. The molecule has 1 aliphatic rings. The lowest BCUT2D eigenvalue weighted by Crippen LogP contribution is -2.45. The number of hydrogen-bond acceptors (Lipinski definition) is 6. The zero-order valence-electron chi connectivity index (χ0n) is 13.9. The van der Waals surface area contributed by atoms with Crippen LogP contribution in [0.5, 0.6) is 0 Å². The fourth-order valence-corrected chi connectivity index (χ4v) is 3.35. The molecule has 0 aromatic carbocycles. The van der Waals surface area contributed by atoms with Crippen LogP contribution in [0, 0.1) is 0 Å². The first-order valence-electron chi connectivity index (χ1n) is 7.83. The molecular formula is C14H26N6OS. The molecule has 1 aliphatic heterocycles. The summed E-state index contributed by atoms with van der Waals surface area (Å²) >= 11 is 1.39. The summed E-state index contributed by atoms with van der Waals surface area (Å²) in [5, 5.41) is 15.5. The van der Waals surface area contributed by atoms with Crippen molar-refractivity contribution in [3.05, 3.63) is 0 Å². The summed E-state index contributed by atoms with van der Waals surface area (Å²) in [6.45, 7) is 11.5. The Bertz CT molecular complexity index is 490. The van der Waals surface area contributed by atoms with Crippen LogP contribution >= 0.6 is 11.8 Å². The van der Waals surface area contributed by atoms with E-state index in [1.165, 1.54) is 11.8 Å². The first kappa shape index (κ1) is 17.2. The molecule has 1 fully saturated rings. The third-order valence-electron chi connectivity index (χ3n) is 3.81. The highest BCUT2D eigenvalue weighted by Gasteiger charge is 2.22. The third-order valence-corrected chi connectivity index (χ3v) is 4.73. The van der Waals surface area contributed by atoms with Gasteiger partial charge in [0.1, 0.15) is 0 Å². The van der Waals surface area contributed by atoms with Gasteiger partial charge in [0.25, 0.3) is 0 Å². The summed E-state index contributed by atoms with van der Waals surface area (Å²) in [4.78, 5) is 14.5. The number of piperidine rings is 1. The van der Waals surface area contributed by atoms with Crippen LogP contribution < -0.4 is 5.32 Å². The molecule has 0 bridgehead atoms. The van der Waals surface area contributed by atoms with E-state index >= 15 is 0 Å². The Morgan fingerprint density at radius 3 is 2.64 bits per heavy atom. The molecule has 0 radical (unpaired) electrons. The number of tetrazole rings is 1. The summed E-state index contributed by atoms with van der Waals surface area (Å²) < 4.78 is 1.75. The Labute approximate surface area is 136 Å². The summed E-state index contributed by atoms with van der Waals surface area (Å²) in [7, 11) is 0. The van der Waals surface area contributed by atoms with Gasteiger partial charge in [-0.3, -0.25) is 4.79 Å². The van der Waals surface area contributed by atoms with E-state index in [9.17, 15) is 4.79 Å². The fraction of sp³-hybridized carbons (Fsp3) is 0.857. The van der Waals surface area contributed by atoms with E-state index in [-0.39, 0.29) is 11.4 Å². The molecule has 7 nitrogen and oxygen atoms in total. The first-order chi connectivity index (χ1) is 10.4. The molecule has 0 saturated carbocycles. The summed E-state index contributed by atoms with van der Waals surface area (Å²) in [5.41, 5.74) is -0.185. The van der Waals surface area contributed by atoms with Gasteiger partial charge in [0, 0.05) is 19.1 Å². The molecule has 2 rings (SSSR count). The van der Waals surface area contributed by atoms with E-state index in [2.05, 4.69) is 32.7 Å². The van der Waals surface area contributed by atoms with Gasteiger partial charge in [-0.2, -0.15) is 0 Å². The lowest BCUT2D eigenvalue weighted by molar-refractivity contribution is -0.119. The first-order valence-corrected chi connectivity index (χ1v) is 8.82. The van der Waals surface area contributed by atoms with Crippen molar-refractivity contribution >= 4 is 17.7 Å². The topological polar surface area (TPSA) is 75.9 Å². The average Bonchev–Trinajstić information content (AvgIpc) is 2.94. The summed E-state index contributed by atoms with van der Waals surface area (Å²) in [6.07, 6.45) is 2.06. The van der Waals surface area contributed by atoms with E-state index < -0.39 is 0 Å². The second kappa shape index (κ2) is 7.41. The number of hydrogen-bond donors (Lipinski definition) is 1. The molecular weight excluding hydrogens is 300 g/mol. The third kappa shape index (κ3) is 4.67. The van der Waals surface area contributed by atoms with Gasteiger partial charge in [0.05, 0.1) is 11.3 Å². The van der Waals surface area contributed by atoms with Crippen LogP contribution in [0.1, 0.15) is 40.5 Å². The molecule has 1 saturated heterocycles.